The Morgan fingerprint density at radius 2 is 2.25 bits per heavy atom. The van der Waals surface area contributed by atoms with Crippen LogP contribution in [0.4, 0.5) is 0 Å². The molecular formula is C8H18N2O2. The Balaban J connectivity index is 3.56. The second kappa shape index (κ2) is 5.97. The van der Waals surface area contributed by atoms with E-state index in [9.17, 15) is 4.79 Å². The van der Waals surface area contributed by atoms with Gasteiger partial charge in [-0.05, 0) is 14.0 Å². The van der Waals surface area contributed by atoms with E-state index in [1.54, 1.807) is 0 Å². The van der Waals surface area contributed by atoms with Crippen LogP contribution in [-0.4, -0.2) is 44.2 Å². The molecule has 1 unspecified atom stereocenters. The van der Waals surface area contributed by atoms with Gasteiger partial charge < -0.3 is 15.4 Å². The van der Waals surface area contributed by atoms with E-state index in [4.69, 9.17) is 5.73 Å². The molecule has 0 amide bonds. The van der Waals surface area contributed by atoms with E-state index in [1.807, 2.05) is 18.9 Å². The second-order valence-electron chi connectivity index (χ2n) is 2.89. The lowest BCUT2D eigenvalue weighted by molar-refractivity contribution is -0.141. The van der Waals surface area contributed by atoms with Crippen LogP contribution in [-0.2, 0) is 9.53 Å². The van der Waals surface area contributed by atoms with Crippen molar-refractivity contribution in [2.24, 2.45) is 5.73 Å². The minimum atomic E-state index is -0.175. The predicted octanol–water partition coefficient (Wildman–Crippen LogP) is -0.171. The number of ether oxygens (including phenoxy) is 1. The van der Waals surface area contributed by atoms with E-state index < -0.39 is 0 Å². The number of carbonyl (C=O) groups is 1. The average molecular weight is 174 g/mol. The van der Waals surface area contributed by atoms with Gasteiger partial charge in [0.15, 0.2) is 0 Å². The molecule has 4 nitrogen and oxygen atoms in total. The zero-order valence-electron chi connectivity index (χ0n) is 8.04. The standard InChI is InChI=1S/C8H18N2O2/c1-7(6-9)10(2)5-4-8(11)12-3/h7H,4-6,9H2,1-3H3. The number of hydrogen-bond donors (Lipinski definition) is 1. The van der Waals surface area contributed by atoms with Crippen molar-refractivity contribution in [2.45, 2.75) is 19.4 Å². The van der Waals surface area contributed by atoms with Crippen LogP contribution in [0.5, 0.6) is 0 Å². The number of esters is 1. The highest BCUT2D eigenvalue weighted by molar-refractivity contribution is 5.69. The summed E-state index contributed by atoms with van der Waals surface area (Å²) in [6, 6.07) is 0.314. The van der Waals surface area contributed by atoms with Crippen LogP contribution in [0, 0.1) is 0 Å². The van der Waals surface area contributed by atoms with Gasteiger partial charge in [-0.25, -0.2) is 0 Å². The molecule has 0 bridgehead atoms. The van der Waals surface area contributed by atoms with Crippen LogP contribution in [0.1, 0.15) is 13.3 Å². The molecule has 0 fully saturated rings. The van der Waals surface area contributed by atoms with Gasteiger partial charge in [-0.15, -0.1) is 0 Å². The summed E-state index contributed by atoms with van der Waals surface area (Å²) < 4.78 is 4.52. The number of nitrogens with zero attached hydrogens (tertiary/aromatic N) is 1. The summed E-state index contributed by atoms with van der Waals surface area (Å²) in [5.74, 6) is -0.175. The van der Waals surface area contributed by atoms with E-state index in [-0.39, 0.29) is 5.97 Å². The molecule has 0 aromatic heterocycles. The minimum absolute atomic E-state index is 0.175. The van der Waals surface area contributed by atoms with Crippen LogP contribution < -0.4 is 5.73 Å². The molecular weight excluding hydrogens is 156 g/mol. The number of likely N-dealkylation sites (N-methyl/N-ethyl adjacent to an activating group) is 1. The zero-order valence-corrected chi connectivity index (χ0v) is 8.04. The quantitative estimate of drug-likeness (QED) is 0.588. The lowest BCUT2D eigenvalue weighted by Crippen LogP contribution is -2.36. The number of nitrogens with two attached hydrogens (primary N) is 1. The molecule has 2 N–H and O–H groups in total. The van der Waals surface area contributed by atoms with E-state index in [0.717, 1.165) is 0 Å². The maximum atomic E-state index is 10.7. The van der Waals surface area contributed by atoms with Crippen molar-refractivity contribution >= 4 is 5.97 Å². The maximum Gasteiger partial charge on any atom is 0.306 e. The van der Waals surface area contributed by atoms with Gasteiger partial charge in [0.05, 0.1) is 13.5 Å². The predicted molar refractivity (Wildman–Crippen MR) is 47.8 cm³/mol. The number of methoxy groups -OCH3 is 1. The Bertz CT molecular complexity index is 139. The maximum absolute atomic E-state index is 10.7. The van der Waals surface area contributed by atoms with E-state index in [0.29, 0.717) is 25.6 Å². The molecule has 0 aliphatic carbocycles. The van der Waals surface area contributed by atoms with Crippen LogP contribution >= 0.6 is 0 Å². The van der Waals surface area contributed by atoms with Gasteiger partial charge in [0.1, 0.15) is 0 Å². The number of carbonyl (C=O) groups excluding carboxylic acids is 1. The summed E-state index contributed by atoms with van der Waals surface area (Å²) in [5, 5.41) is 0. The summed E-state index contributed by atoms with van der Waals surface area (Å²) >= 11 is 0. The summed E-state index contributed by atoms with van der Waals surface area (Å²) in [7, 11) is 3.34. The first-order valence-corrected chi connectivity index (χ1v) is 4.09. The molecule has 0 aromatic rings. The molecule has 72 valence electrons. The molecule has 0 saturated carbocycles. The normalized spacial score (nSPS) is 13.1. The van der Waals surface area contributed by atoms with Crippen molar-refractivity contribution in [2.75, 3.05) is 27.2 Å². The highest BCUT2D eigenvalue weighted by atomic mass is 16.5. The minimum Gasteiger partial charge on any atom is -0.469 e. The molecule has 0 heterocycles. The Morgan fingerprint density at radius 1 is 1.67 bits per heavy atom. The first-order chi connectivity index (χ1) is 5.61. The molecule has 1 atom stereocenters. The van der Waals surface area contributed by atoms with E-state index in [2.05, 4.69) is 4.74 Å². The molecule has 0 aliphatic rings. The third kappa shape index (κ3) is 4.31. The highest BCUT2D eigenvalue weighted by Crippen LogP contribution is 1.95. The summed E-state index contributed by atoms with van der Waals surface area (Å²) in [6.45, 7) is 3.33. The lowest BCUT2D eigenvalue weighted by atomic mass is 10.3. The molecule has 4 heteroatoms. The van der Waals surface area contributed by atoms with Gasteiger partial charge in [0, 0.05) is 19.1 Å². The summed E-state index contributed by atoms with van der Waals surface area (Å²) in [5.41, 5.74) is 5.45. The van der Waals surface area contributed by atoms with Crippen LogP contribution in [0.3, 0.4) is 0 Å². The van der Waals surface area contributed by atoms with Gasteiger partial charge in [0.25, 0.3) is 0 Å². The van der Waals surface area contributed by atoms with E-state index >= 15 is 0 Å². The SMILES string of the molecule is COC(=O)CCN(C)C(C)CN. The average Bonchev–Trinajstić information content (AvgIpc) is 2.11. The van der Waals surface area contributed by atoms with Crippen molar-refractivity contribution in [1.29, 1.82) is 0 Å². The monoisotopic (exact) mass is 174 g/mol. The molecule has 0 rings (SSSR count). The van der Waals surface area contributed by atoms with Crippen molar-refractivity contribution in [3.05, 3.63) is 0 Å². The van der Waals surface area contributed by atoms with Crippen molar-refractivity contribution < 1.29 is 9.53 Å². The Kier molecular flexibility index (Phi) is 5.66. The third-order valence-electron chi connectivity index (χ3n) is 1.99. The van der Waals surface area contributed by atoms with Gasteiger partial charge in [-0.3, -0.25) is 4.79 Å². The van der Waals surface area contributed by atoms with Gasteiger partial charge in [0.2, 0.25) is 0 Å². The number of rotatable bonds is 5. The molecule has 0 saturated heterocycles. The van der Waals surface area contributed by atoms with Crippen molar-refractivity contribution in [3.8, 4) is 0 Å². The number of hydrogen-bond acceptors (Lipinski definition) is 4. The van der Waals surface area contributed by atoms with Crippen molar-refractivity contribution in [3.63, 3.8) is 0 Å². The zero-order chi connectivity index (χ0) is 9.56. The fraction of sp³-hybridized carbons (Fsp3) is 0.875. The fourth-order valence-corrected chi connectivity index (χ4v) is 0.770. The third-order valence-corrected chi connectivity index (χ3v) is 1.99. The Morgan fingerprint density at radius 3 is 2.67 bits per heavy atom. The van der Waals surface area contributed by atoms with Crippen LogP contribution in [0.2, 0.25) is 0 Å². The largest absolute Gasteiger partial charge is 0.469 e. The lowest BCUT2D eigenvalue weighted by Gasteiger charge is -2.22. The fourth-order valence-electron chi connectivity index (χ4n) is 0.770. The second-order valence-corrected chi connectivity index (χ2v) is 2.89. The highest BCUT2D eigenvalue weighted by Gasteiger charge is 2.08. The first-order valence-electron chi connectivity index (χ1n) is 4.09. The Hall–Kier alpha value is -0.610. The molecule has 0 aliphatic heterocycles. The molecule has 0 aromatic carbocycles. The molecule has 0 radical (unpaired) electrons. The topological polar surface area (TPSA) is 55.6 Å². The first kappa shape index (κ1) is 11.4. The summed E-state index contributed by atoms with van der Waals surface area (Å²) in [4.78, 5) is 12.8. The molecule has 12 heavy (non-hydrogen) atoms. The van der Waals surface area contributed by atoms with Crippen molar-refractivity contribution in [1.82, 2.24) is 4.90 Å². The smallest absolute Gasteiger partial charge is 0.306 e. The van der Waals surface area contributed by atoms with Crippen LogP contribution in [0.15, 0.2) is 0 Å². The van der Waals surface area contributed by atoms with Gasteiger partial charge in [-0.2, -0.15) is 0 Å². The van der Waals surface area contributed by atoms with Gasteiger partial charge in [-0.1, -0.05) is 0 Å². The Labute approximate surface area is 73.7 Å². The summed E-state index contributed by atoms with van der Waals surface area (Å²) in [6.07, 6.45) is 0.428. The van der Waals surface area contributed by atoms with Crippen LogP contribution in [0.25, 0.3) is 0 Å². The molecule has 0 spiro atoms. The van der Waals surface area contributed by atoms with Gasteiger partial charge >= 0.3 is 5.97 Å². The van der Waals surface area contributed by atoms with E-state index in [1.165, 1.54) is 7.11 Å².